The lowest BCUT2D eigenvalue weighted by Crippen LogP contribution is -2.52. The average Bonchev–Trinajstić information content (AvgIpc) is 3.10. The largest absolute Gasteiger partial charge is 0.357 e. The fourth-order valence-corrected chi connectivity index (χ4v) is 3.56. The topological polar surface area (TPSA) is 61.6 Å². The molecule has 2 aromatic rings. The monoisotopic (exact) mass is 433 g/mol. The van der Waals surface area contributed by atoms with E-state index < -0.39 is 0 Å². The van der Waals surface area contributed by atoms with E-state index in [1.54, 1.807) is 6.33 Å². The summed E-state index contributed by atoms with van der Waals surface area (Å²) < 4.78 is 3.03. The predicted octanol–water partition coefficient (Wildman–Crippen LogP) is 2.42. The van der Waals surface area contributed by atoms with Gasteiger partial charge in [0.05, 0.1) is 0 Å². The SMILES string of the molecule is CCNC(=NCc1nncn1C)N1CCN(C(C)c2ccc(Br)cc2)CC1. The van der Waals surface area contributed by atoms with Crippen LogP contribution in [0.3, 0.4) is 0 Å². The summed E-state index contributed by atoms with van der Waals surface area (Å²) in [4.78, 5) is 9.63. The first-order valence-corrected chi connectivity index (χ1v) is 10.2. The van der Waals surface area contributed by atoms with E-state index in [1.807, 2.05) is 11.6 Å². The van der Waals surface area contributed by atoms with Crippen LogP contribution in [0, 0.1) is 0 Å². The van der Waals surface area contributed by atoms with E-state index in [1.165, 1.54) is 5.56 Å². The van der Waals surface area contributed by atoms with Crippen molar-refractivity contribution < 1.29 is 0 Å². The molecule has 0 saturated carbocycles. The van der Waals surface area contributed by atoms with Gasteiger partial charge in [0, 0.05) is 50.3 Å². The minimum absolute atomic E-state index is 0.415. The Morgan fingerprint density at radius 1 is 1.22 bits per heavy atom. The van der Waals surface area contributed by atoms with Crippen LogP contribution in [0.4, 0.5) is 0 Å². The third kappa shape index (κ3) is 5.07. The maximum absolute atomic E-state index is 4.76. The Kier molecular flexibility index (Phi) is 6.84. The van der Waals surface area contributed by atoms with Gasteiger partial charge in [0.2, 0.25) is 0 Å². The lowest BCUT2D eigenvalue weighted by atomic mass is 10.1. The molecule has 0 spiro atoms. The Balaban J connectivity index is 1.60. The lowest BCUT2D eigenvalue weighted by Gasteiger charge is -2.39. The lowest BCUT2D eigenvalue weighted by molar-refractivity contribution is 0.138. The van der Waals surface area contributed by atoms with Gasteiger partial charge in [-0.1, -0.05) is 28.1 Å². The fraction of sp³-hybridized carbons (Fsp3) is 0.526. The third-order valence-electron chi connectivity index (χ3n) is 5.02. The highest BCUT2D eigenvalue weighted by Crippen LogP contribution is 2.23. The number of rotatable bonds is 5. The molecule has 8 heteroatoms. The van der Waals surface area contributed by atoms with Crippen LogP contribution in [-0.2, 0) is 13.6 Å². The van der Waals surface area contributed by atoms with Gasteiger partial charge >= 0.3 is 0 Å². The Bertz CT molecular complexity index is 748. The van der Waals surface area contributed by atoms with Crippen LogP contribution in [0.15, 0.2) is 40.1 Å². The summed E-state index contributed by atoms with van der Waals surface area (Å²) >= 11 is 3.51. The van der Waals surface area contributed by atoms with E-state index in [-0.39, 0.29) is 0 Å². The molecule has 146 valence electrons. The Labute approximate surface area is 169 Å². The number of guanidine groups is 1. The second kappa shape index (κ2) is 9.32. The zero-order valence-electron chi connectivity index (χ0n) is 16.3. The van der Waals surface area contributed by atoms with E-state index in [0.717, 1.165) is 49.0 Å². The van der Waals surface area contributed by atoms with Crippen LogP contribution in [0.2, 0.25) is 0 Å². The van der Waals surface area contributed by atoms with Crippen molar-refractivity contribution in [2.24, 2.45) is 12.0 Å². The molecule has 1 aliphatic heterocycles. The minimum Gasteiger partial charge on any atom is -0.357 e. The number of piperazine rings is 1. The predicted molar refractivity (Wildman–Crippen MR) is 112 cm³/mol. The molecule has 1 aromatic heterocycles. The zero-order valence-corrected chi connectivity index (χ0v) is 17.9. The molecule has 7 nitrogen and oxygen atoms in total. The van der Waals surface area contributed by atoms with Crippen molar-refractivity contribution in [1.29, 1.82) is 0 Å². The molecule has 0 bridgehead atoms. The molecule has 3 rings (SSSR count). The number of aryl methyl sites for hydroxylation is 1. The zero-order chi connectivity index (χ0) is 19.2. The van der Waals surface area contributed by atoms with E-state index in [0.29, 0.717) is 12.6 Å². The highest BCUT2D eigenvalue weighted by molar-refractivity contribution is 9.10. The Morgan fingerprint density at radius 2 is 1.93 bits per heavy atom. The van der Waals surface area contributed by atoms with Crippen LogP contribution in [-0.4, -0.2) is 63.2 Å². The van der Waals surface area contributed by atoms with Crippen molar-refractivity contribution in [3.05, 3.63) is 46.5 Å². The van der Waals surface area contributed by atoms with Gasteiger partial charge in [-0.15, -0.1) is 10.2 Å². The molecule has 1 aromatic carbocycles. The number of benzene rings is 1. The van der Waals surface area contributed by atoms with Crippen molar-refractivity contribution in [3.63, 3.8) is 0 Å². The standard InChI is InChI=1S/C19H28BrN7/c1-4-21-19(22-13-18-24-23-14-25(18)3)27-11-9-26(10-12-27)15(2)16-5-7-17(20)8-6-16/h5-8,14-15H,4,9-13H2,1-3H3,(H,21,22). The summed E-state index contributed by atoms with van der Waals surface area (Å²) in [7, 11) is 1.94. The van der Waals surface area contributed by atoms with Gasteiger partial charge in [-0.2, -0.15) is 0 Å². The van der Waals surface area contributed by atoms with E-state index in [9.17, 15) is 0 Å². The van der Waals surface area contributed by atoms with Gasteiger partial charge in [0.15, 0.2) is 11.8 Å². The van der Waals surface area contributed by atoms with Crippen molar-refractivity contribution >= 4 is 21.9 Å². The van der Waals surface area contributed by atoms with Crippen LogP contribution >= 0.6 is 15.9 Å². The number of aromatic nitrogens is 3. The summed E-state index contributed by atoms with van der Waals surface area (Å²) in [6.07, 6.45) is 1.71. The Hall–Kier alpha value is -1.93. The van der Waals surface area contributed by atoms with Gasteiger partial charge < -0.3 is 14.8 Å². The van der Waals surface area contributed by atoms with Crippen molar-refractivity contribution in [2.75, 3.05) is 32.7 Å². The molecule has 1 aliphatic rings. The summed E-state index contributed by atoms with van der Waals surface area (Å²) in [5, 5.41) is 11.4. The molecule has 0 aliphatic carbocycles. The first-order chi connectivity index (χ1) is 13.1. The maximum atomic E-state index is 4.76. The summed E-state index contributed by atoms with van der Waals surface area (Å²) in [5.41, 5.74) is 1.36. The van der Waals surface area contributed by atoms with E-state index >= 15 is 0 Å². The van der Waals surface area contributed by atoms with Gasteiger partial charge in [-0.3, -0.25) is 4.90 Å². The smallest absolute Gasteiger partial charge is 0.194 e. The van der Waals surface area contributed by atoms with Crippen molar-refractivity contribution in [2.45, 2.75) is 26.4 Å². The number of hydrogen-bond donors (Lipinski definition) is 1. The first kappa shape index (κ1) is 19.8. The van der Waals surface area contributed by atoms with E-state index in [2.05, 4.69) is 79.4 Å². The van der Waals surface area contributed by atoms with Crippen LogP contribution < -0.4 is 5.32 Å². The second-order valence-electron chi connectivity index (χ2n) is 6.78. The molecule has 1 unspecified atom stereocenters. The summed E-state index contributed by atoms with van der Waals surface area (Å²) in [6.45, 7) is 9.74. The number of hydrogen-bond acceptors (Lipinski definition) is 4. The second-order valence-corrected chi connectivity index (χ2v) is 7.69. The highest BCUT2D eigenvalue weighted by Gasteiger charge is 2.23. The fourth-order valence-electron chi connectivity index (χ4n) is 3.29. The summed E-state index contributed by atoms with van der Waals surface area (Å²) in [6, 6.07) is 9.05. The molecule has 0 amide bonds. The quantitative estimate of drug-likeness (QED) is 0.579. The molecule has 2 heterocycles. The highest BCUT2D eigenvalue weighted by atomic mass is 79.9. The number of nitrogens with zero attached hydrogens (tertiary/aromatic N) is 6. The number of nitrogens with one attached hydrogen (secondary N) is 1. The van der Waals surface area contributed by atoms with Gasteiger partial charge in [0.25, 0.3) is 0 Å². The molecular formula is C19H28BrN7. The maximum Gasteiger partial charge on any atom is 0.194 e. The third-order valence-corrected chi connectivity index (χ3v) is 5.55. The van der Waals surface area contributed by atoms with E-state index in [4.69, 9.17) is 4.99 Å². The average molecular weight is 434 g/mol. The molecule has 1 atom stereocenters. The molecule has 1 fully saturated rings. The van der Waals surface area contributed by atoms with Crippen LogP contribution in [0.1, 0.15) is 31.3 Å². The van der Waals surface area contributed by atoms with Crippen molar-refractivity contribution in [3.8, 4) is 0 Å². The van der Waals surface area contributed by atoms with Crippen LogP contribution in [0.25, 0.3) is 0 Å². The van der Waals surface area contributed by atoms with Crippen LogP contribution in [0.5, 0.6) is 0 Å². The normalized spacial score (nSPS) is 17.2. The number of aliphatic imine (C=N–C) groups is 1. The number of halogens is 1. The van der Waals surface area contributed by atoms with Crippen molar-refractivity contribution in [1.82, 2.24) is 29.9 Å². The first-order valence-electron chi connectivity index (χ1n) is 9.44. The minimum atomic E-state index is 0.415. The van der Waals surface area contributed by atoms with Gasteiger partial charge in [0.1, 0.15) is 12.9 Å². The molecule has 1 saturated heterocycles. The molecular weight excluding hydrogens is 406 g/mol. The molecule has 0 radical (unpaired) electrons. The van der Waals surface area contributed by atoms with Gasteiger partial charge in [-0.05, 0) is 31.5 Å². The van der Waals surface area contributed by atoms with Gasteiger partial charge in [-0.25, -0.2) is 4.99 Å². The molecule has 27 heavy (non-hydrogen) atoms. The molecule has 1 N–H and O–H groups in total. The Morgan fingerprint density at radius 3 is 2.52 bits per heavy atom. The summed E-state index contributed by atoms with van der Waals surface area (Å²) in [5.74, 6) is 1.82.